The number of nitro groups is 1. The number of nitrogens with zero attached hydrogens (tertiary/aromatic N) is 2. The average molecular weight is 270 g/mol. The first-order chi connectivity index (χ1) is 8.86. The van der Waals surface area contributed by atoms with Crippen LogP contribution in [0.3, 0.4) is 0 Å². The molecule has 1 amide bonds. The molecule has 0 spiro atoms. The lowest BCUT2D eigenvalue weighted by Crippen LogP contribution is -2.33. The molecule has 0 aromatic carbocycles. The summed E-state index contributed by atoms with van der Waals surface area (Å²) in [5.41, 5.74) is 0. The third-order valence-corrected chi connectivity index (χ3v) is 2.48. The lowest BCUT2D eigenvalue weighted by Gasteiger charge is -2.18. The third kappa shape index (κ3) is 3.54. The molecule has 1 aromatic rings. The van der Waals surface area contributed by atoms with Crippen molar-refractivity contribution in [3.05, 3.63) is 28.0 Å². The molecule has 104 valence electrons. The van der Waals surface area contributed by atoms with Crippen molar-refractivity contribution in [2.24, 2.45) is 5.92 Å². The second-order valence-electron chi connectivity index (χ2n) is 4.00. The summed E-state index contributed by atoms with van der Waals surface area (Å²) < 4.78 is 9.33. The van der Waals surface area contributed by atoms with Gasteiger partial charge in [0, 0.05) is 13.6 Å². The van der Waals surface area contributed by atoms with Crippen molar-refractivity contribution < 1.29 is 23.7 Å². The lowest BCUT2D eigenvalue weighted by atomic mass is 10.1. The van der Waals surface area contributed by atoms with Crippen molar-refractivity contribution in [3.8, 4) is 0 Å². The Morgan fingerprint density at radius 1 is 1.53 bits per heavy atom. The SMILES string of the molecule is COC(=O)C(C)CN(C)C(=O)c1ccc([N+](=O)[O-])o1. The monoisotopic (exact) mass is 270 g/mol. The number of ether oxygens (including phenoxy) is 1. The van der Waals surface area contributed by atoms with Crippen LogP contribution in [0.5, 0.6) is 0 Å². The van der Waals surface area contributed by atoms with Gasteiger partial charge in [-0.05, 0) is 6.07 Å². The summed E-state index contributed by atoms with van der Waals surface area (Å²) >= 11 is 0. The molecule has 0 saturated heterocycles. The van der Waals surface area contributed by atoms with Crippen molar-refractivity contribution in [2.75, 3.05) is 20.7 Å². The standard InChI is InChI=1S/C11H14N2O6/c1-7(11(15)18-3)6-12(2)10(14)8-4-5-9(19-8)13(16)17/h4-5,7H,6H2,1-3H3. The minimum Gasteiger partial charge on any atom is -0.469 e. The van der Waals surface area contributed by atoms with Gasteiger partial charge in [0.1, 0.15) is 4.92 Å². The Hall–Kier alpha value is -2.38. The maximum Gasteiger partial charge on any atom is 0.433 e. The van der Waals surface area contributed by atoms with Crippen molar-refractivity contribution >= 4 is 17.8 Å². The zero-order valence-corrected chi connectivity index (χ0v) is 10.8. The van der Waals surface area contributed by atoms with Gasteiger partial charge in [0.2, 0.25) is 0 Å². The summed E-state index contributed by atoms with van der Waals surface area (Å²) in [6.07, 6.45) is 0. The Bertz CT molecular complexity index is 495. The van der Waals surface area contributed by atoms with Gasteiger partial charge in [-0.2, -0.15) is 0 Å². The van der Waals surface area contributed by atoms with E-state index in [0.717, 1.165) is 6.07 Å². The minimum absolute atomic E-state index is 0.125. The van der Waals surface area contributed by atoms with Gasteiger partial charge in [-0.1, -0.05) is 6.92 Å². The Balaban J connectivity index is 2.71. The van der Waals surface area contributed by atoms with E-state index < -0.39 is 28.6 Å². The molecule has 1 heterocycles. The summed E-state index contributed by atoms with van der Waals surface area (Å²) in [5.74, 6) is -2.12. The Labute approximate surface area is 109 Å². The van der Waals surface area contributed by atoms with E-state index in [1.165, 1.54) is 25.1 Å². The Morgan fingerprint density at radius 2 is 2.16 bits per heavy atom. The van der Waals surface area contributed by atoms with Crippen LogP contribution in [0.1, 0.15) is 17.5 Å². The zero-order chi connectivity index (χ0) is 14.6. The molecule has 8 nitrogen and oxygen atoms in total. The fourth-order valence-electron chi connectivity index (χ4n) is 1.50. The number of methoxy groups -OCH3 is 1. The van der Waals surface area contributed by atoms with E-state index >= 15 is 0 Å². The first kappa shape index (κ1) is 14.7. The van der Waals surface area contributed by atoms with Gasteiger partial charge >= 0.3 is 11.9 Å². The molecule has 1 unspecified atom stereocenters. The molecule has 8 heteroatoms. The smallest absolute Gasteiger partial charge is 0.433 e. The number of hydrogen-bond donors (Lipinski definition) is 0. The first-order valence-corrected chi connectivity index (χ1v) is 5.44. The highest BCUT2D eigenvalue weighted by molar-refractivity contribution is 5.91. The molecule has 0 aliphatic carbocycles. The van der Waals surface area contributed by atoms with Crippen LogP contribution in [-0.4, -0.2) is 42.4 Å². The highest BCUT2D eigenvalue weighted by Gasteiger charge is 2.23. The van der Waals surface area contributed by atoms with Crippen molar-refractivity contribution in [1.29, 1.82) is 0 Å². The van der Waals surface area contributed by atoms with Crippen LogP contribution >= 0.6 is 0 Å². The molecule has 0 fully saturated rings. The second kappa shape index (κ2) is 5.98. The topological polar surface area (TPSA) is 103 Å². The number of carbonyl (C=O) groups excluding carboxylic acids is 2. The summed E-state index contributed by atoms with van der Waals surface area (Å²) in [6, 6.07) is 2.32. The van der Waals surface area contributed by atoms with Gasteiger partial charge < -0.3 is 14.1 Å². The molecule has 0 radical (unpaired) electrons. The molecule has 0 bridgehead atoms. The van der Waals surface area contributed by atoms with Gasteiger partial charge in [-0.25, -0.2) is 0 Å². The molecule has 1 rings (SSSR count). The molecule has 0 saturated carbocycles. The van der Waals surface area contributed by atoms with Crippen LogP contribution in [0.25, 0.3) is 0 Å². The molecule has 1 aromatic heterocycles. The summed E-state index contributed by atoms with van der Waals surface area (Å²) in [5, 5.41) is 10.4. The Morgan fingerprint density at radius 3 is 2.63 bits per heavy atom. The fourth-order valence-corrected chi connectivity index (χ4v) is 1.50. The largest absolute Gasteiger partial charge is 0.469 e. The highest BCUT2D eigenvalue weighted by Crippen LogP contribution is 2.17. The van der Waals surface area contributed by atoms with Crippen LogP contribution < -0.4 is 0 Å². The summed E-state index contributed by atoms with van der Waals surface area (Å²) in [4.78, 5) is 34.1. The molecule has 19 heavy (non-hydrogen) atoms. The molecule has 0 aliphatic heterocycles. The van der Waals surface area contributed by atoms with Gasteiger partial charge in [0.15, 0.2) is 5.76 Å². The second-order valence-corrected chi connectivity index (χ2v) is 4.00. The molecule has 0 aliphatic rings. The van der Waals surface area contributed by atoms with Crippen LogP contribution in [0.4, 0.5) is 5.88 Å². The molecule has 1 atom stereocenters. The van der Waals surface area contributed by atoms with E-state index in [-0.39, 0.29) is 12.3 Å². The van der Waals surface area contributed by atoms with Crippen LogP contribution in [0.15, 0.2) is 16.5 Å². The van der Waals surface area contributed by atoms with E-state index in [0.29, 0.717) is 0 Å². The number of furan rings is 1. The van der Waals surface area contributed by atoms with E-state index in [2.05, 4.69) is 4.74 Å². The van der Waals surface area contributed by atoms with Crippen molar-refractivity contribution in [2.45, 2.75) is 6.92 Å². The van der Waals surface area contributed by atoms with Gasteiger partial charge in [-0.3, -0.25) is 19.7 Å². The van der Waals surface area contributed by atoms with Crippen molar-refractivity contribution in [1.82, 2.24) is 4.90 Å². The van der Waals surface area contributed by atoms with Crippen LogP contribution in [0, 0.1) is 16.0 Å². The van der Waals surface area contributed by atoms with Gasteiger partial charge in [0.05, 0.1) is 19.1 Å². The predicted octanol–water partition coefficient (Wildman–Crippen LogP) is 1.07. The average Bonchev–Trinajstić information content (AvgIpc) is 2.86. The molecular weight excluding hydrogens is 256 g/mol. The molecule has 0 N–H and O–H groups in total. The normalized spacial score (nSPS) is 11.7. The number of esters is 1. The number of amides is 1. The number of rotatable bonds is 5. The van der Waals surface area contributed by atoms with Crippen molar-refractivity contribution in [3.63, 3.8) is 0 Å². The quantitative estimate of drug-likeness (QED) is 0.450. The number of hydrogen-bond acceptors (Lipinski definition) is 6. The summed E-state index contributed by atoms with van der Waals surface area (Å²) in [6.45, 7) is 1.74. The maximum atomic E-state index is 11.9. The number of carbonyl (C=O) groups is 2. The predicted molar refractivity (Wildman–Crippen MR) is 63.5 cm³/mol. The van der Waals surface area contributed by atoms with Crippen LogP contribution in [0.2, 0.25) is 0 Å². The van der Waals surface area contributed by atoms with E-state index in [4.69, 9.17) is 4.42 Å². The fraction of sp³-hybridized carbons (Fsp3) is 0.455. The van der Waals surface area contributed by atoms with E-state index in [9.17, 15) is 19.7 Å². The minimum atomic E-state index is -0.728. The van der Waals surface area contributed by atoms with Gasteiger partial charge in [0.25, 0.3) is 5.91 Å². The molecular formula is C11H14N2O6. The third-order valence-electron chi connectivity index (χ3n) is 2.48. The van der Waals surface area contributed by atoms with Gasteiger partial charge in [-0.15, -0.1) is 0 Å². The Kier molecular flexibility index (Phi) is 4.62. The maximum absolute atomic E-state index is 11.9. The lowest BCUT2D eigenvalue weighted by molar-refractivity contribution is -0.402. The summed E-state index contributed by atoms with van der Waals surface area (Å²) in [7, 11) is 2.73. The zero-order valence-electron chi connectivity index (χ0n) is 10.8. The van der Waals surface area contributed by atoms with E-state index in [1.807, 2.05) is 0 Å². The first-order valence-electron chi connectivity index (χ1n) is 5.44. The highest BCUT2D eigenvalue weighted by atomic mass is 16.6. The van der Waals surface area contributed by atoms with Crippen LogP contribution in [-0.2, 0) is 9.53 Å². The van der Waals surface area contributed by atoms with E-state index in [1.54, 1.807) is 6.92 Å².